The Balaban J connectivity index is 2.28. The highest BCUT2D eigenvalue weighted by molar-refractivity contribution is 6.39. The standard InChI is InChI=1S/C18H16Cl2N2O4/c1-11(23)22(15-9-4-3-6-12(15)18(25)26-2)10-16(24)21-17-13(19)7-5-8-14(17)20/h3-9H,10H2,1-2H3,(H,21,24). The number of hydrogen-bond donors (Lipinski definition) is 1. The maximum Gasteiger partial charge on any atom is 0.339 e. The van der Waals surface area contributed by atoms with Gasteiger partial charge >= 0.3 is 5.97 Å². The Labute approximate surface area is 160 Å². The third kappa shape index (κ3) is 4.53. The molecule has 0 spiro atoms. The molecular weight excluding hydrogens is 379 g/mol. The molecule has 2 amide bonds. The topological polar surface area (TPSA) is 75.7 Å². The van der Waals surface area contributed by atoms with E-state index in [1.165, 1.54) is 25.0 Å². The number of esters is 1. The maximum absolute atomic E-state index is 12.4. The Bertz CT molecular complexity index is 835. The van der Waals surface area contributed by atoms with Crippen molar-refractivity contribution in [2.75, 3.05) is 23.9 Å². The zero-order valence-electron chi connectivity index (χ0n) is 14.1. The highest BCUT2D eigenvalue weighted by atomic mass is 35.5. The number of anilines is 2. The van der Waals surface area contributed by atoms with Crippen molar-refractivity contribution < 1.29 is 19.1 Å². The average molecular weight is 395 g/mol. The van der Waals surface area contributed by atoms with Gasteiger partial charge in [0.2, 0.25) is 11.8 Å². The van der Waals surface area contributed by atoms with Crippen molar-refractivity contribution in [1.82, 2.24) is 0 Å². The summed E-state index contributed by atoms with van der Waals surface area (Å²) in [6.45, 7) is 0.967. The summed E-state index contributed by atoms with van der Waals surface area (Å²) < 4.78 is 4.73. The molecule has 0 aliphatic heterocycles. The van der Waals surface area contributed by atoms with Crippen LogP contribution in [0.25, 0.3) is 0 Å². The first-order chi connectivity index (χ1) is 12.3. The highest BCUT2D eigenvalue weighted by Gasteiger charge is 2.22. The molecule has 2 rings (SSSR count). The van der Waals surface area contributed by atoms with Crippen LogP contribution in [0.1, 0.15) is 17.3 Å². The SMILES string of the molecule is COC(=O)c1ccccc1N(CC(=O)Nc1c(Cl)cccc1Cl)C(C)=O. The summed E-state index contributed by atoms with van der Waals surface area (Å²) in [5.74, 6) is -1.54. The first kappa shape index (κ1) is 19.8. The van der Waals surface area contributed by atoms with E-state index >= 15 is 0 Å². The van der Waals surface area contributed by atoms with Gasteiger partial charge in [-0.15, -0.1) is 0 Å². The lowest BCUT2D eigenvalue weighted by Crippen LogP contribution is -2.37. The summed E-state index contributed by atoms with van der Waals surface area (Å²) in [6.07, 6.45) is 0. The largest absolute Gasteiger partial charge is 0.465 e. The van der Waals surface area contributed by atoms with Crippen LogP contribution >= 0.6 is 23.2 Å². The van der Waals surface area contributed by atoms with Crippen LogP contribution in [0.3, 0.4) is 0 Å². The van der Waals surface area contributed by atoms with E-state index in [1.54, 1.807) is 36.4 Å². The van der Waals surface area contributed by atoms with Gasteiger partial charge in [-0.05, 0) is 24.3 Å². The lowest BCUT2D eigenvalue weighted by atomic mass is 10.1. The zero-order chi connectivity index (χ0) is 19.3. The first-order valence-electron chi connectivity index (χ1n) is 7.54. The molecule has 0 aromatic heterocycles. The minimum Gasteiger partial charge on any atom is -0.465 e. The summed E-state index contributed by atoms with van der Waals surface area (Å²) >= 11 is 12.1. The monoisotopic (exact) mass is 394 g/mol. The fourth-order valence-electron chi connectivity index (χ4n) is 2.30. The number of para-hydroxylation sites is 2. The Hall–Kier alpha value is -2.57. The van der Waals surface area contributed by atoms with E-state index < -0.39 is 17.8 Å². The minimum absolute atomic E-state index is 0.175. The van der Waals surface area contributed by atoms with Crippen LogP contribution < -0.4 is 10.2 Å². The summed E-state index contributed by atoms with van der Waals surface area (Å²) in [5, 5.41) is 3.13. The van der Waals surface area contributed by atoms with Crippen molar-refractivity contribution in [1.29, 1.82) is 0 Å². The van der Waals surface area contributed by atoms with Crippen LogP contribution in [0.2, 0.25) is 10.0 Å². The number of nitrogens with one attached hydrogen (secondary N) is 1. The van der Waals surface area contributed by atoms with Crippen molar-refractivity contribution in [2.24, 2.45) is 0 Å². The molecule has 0 bridgehead atoms. The fourth-order valence-corrected chi connectivity index (χ4v) is 2.79. The van der Waals surface area contributed by atoms with Gasteiger partial charge in [-0.2, -0.15) is 0 Å². The summed E-state index contributed by atoms with van der Waals surface area (Å²) in [5.41, 5.74) is 0.701. The number of halogens is 2. The number of benzene rings is 2. The predicted octanol–water partition coefficient (Wildman–Crippen LogP) is 3.77. The van der Waals surface area contributed by atoms with E-state index in [9.17, 15) is 14.4 Å². The zero-order valence-corrected chi connectivity index (χ0v) is 15.6. The van der Waals surface area contributed by atoms with Gasteiger partial charge in [-0.1, -0.05) is 41.4 Å². The number of amides is 2. The van der Waals surface area contributed by atoms with Gasteiger partial charge in [-0.3, -0.25) is 9.59 Å². The molecule has 2 aromatic carbocycles. The molecule has 0 atom stereocenters. The number of nitrogens with zero attached hydrogens (tertiary/aromatic N) is 1. The van der Waals surface area contributed by atoms with E-state index in [0.29, 0.717) is 0 Å². The van der Waals surface area contributed by atoms with Gasteiger partial charge in [0.15, 0.2) is 0 Å². The number of hydrogen-bond acceptors (Lipinski definition) is 4. The van der Waals surface area contributed by atoms with Crippen LogP contribution in [0.15, 0.2) is 42.5 Å². The van der Waals surface area contributed by atoms with Gasteiger partial charge in [0.05, 0.1) is 34.1 Å². The van der Waals surface area contributed by atoms with E-state index in [1.807, 2.05) is 0 Å². The Morgan fingerprint density at radius 1 is 1.04 bits per heavy atom. The summed E-state index contributed by atoms with van der Waals surface area (Å²) in [4.78, 5) is 37.6. The second-order valence-corrected chi connectivity index (χ2v) is 6.07. The first-order valence-corrected chi connectivity index (χ1v) is 8.30. The van der Waals surface area contributed by atoms with Gasteiger partial charge < -0.3 is 15.0 Å². The molecule has 0 heterocycles. The van der Waals surface area contributed by atoms with E-state index in [0.717, 1.165) is 0 Å². The molecule has 0 saturated carbocycles. The fraction of sp³-hybridized carbons (Fsp3) is 0.167. The number of carbonyl (C=O) groups excluding carboxylic acids is 3. The Morgan fingerprint density at radius 2 is 1.65 bits per heavy atom. The molecule has 6 nitrogen and oxygen atoms in total. The lowest BCUT2D eigenvalue weighted by molar-refractivity contribution is -0.120. The smallest absolute Gasteiger partial charge is 0.339 e. The summed E-state index contributed by atoms with van der Waals surface area (Å²) in [7, 11) is 1.24. The number of rotatable bonds is 5. The van der Waals surface area contributed by atoms with Crippen LogP contribution in [-0.2, 0) is 14.3 Å². The predicted molar refractivity (Wildman–Crippen MR) is 101 cm³/mol. The van der Waals surface area contributed by atoms with E-state index in [2.05, 4.69) is 5.32 Å². The molecule has 136 valence electrons. The molecule has 8 heteroatoms. The second kappa shape index (κ2) is 8.69. The summed E-state index contributed by atoms with van der Waals surface area (Å²) in [6, 6.07) is 11.2. The third-order valence-corrected chi connectivity index (χ3v) is 4.14. The maximum atomic E-state index is 12.4. The van der Waals surface area contributed by atoms with Crippen LogP contribution in [0.4, 0.5) is 11.4 Å². The van der Waals surface area contributed by atoms with Crippen molar-refractivity contribution in [3.8, 4) is 0 Å². The quantitative estimate of drug-likeness (QED) is 0.782. The molecule has 0 saturated heterocycles. The Kier molecular flexibility index (Phi) is 6.60. The molecule has 0 aliphatic carbocycles. The van der Waals surface area contributed by atoms with Crippen LogP contribution in [0.5, 0.6) is 0 Å². The number of ether oxygens (including phenoxy) is 1. The lowest BCUT2D eigenvalue weighted by Gasteiger charge is -2.23. The molecular formula is C18H16Cl2N2O4. The number of methoxy groups -OCH3 is 1. The molecule has 2 aromatic rings. The van der Waals surface area contributed by atoms with Gasteiger partial charge in [0, 0.05) is 6.92 Å². The average Bonchev–Trinajstić information content (AvgIpc) is 2.62. The van der Waals surface area contributed by atoms with Crippen molar-refractivity contribution in [3.63, 3.8) is 0 Å². The molecule has 0 fully saturated rings. The molecule has 0 aliphatic rings. The van der Waals surface area contributed by atoms with Crippen LogP contribution in [0, 0.1) is 0 Å². The Morgan fingerprint density at radius 3 is 2.23 bits per heavy atom. The van der Waals surface area contributed by atoms with E-state index in [4.69, 9.17) is 27.9 Å². The van der Waals surface area contributed by atoms with E-state index in [-0.39, 0.29) is 33.5 Å². The van der Waals surface area contributed by atoms with Crippen molar-refractivity contribution in [3.05, 3.63) is 58.1 Å². The third-order valence-electron chi connectivity index (χ3n) is 3.51. The molecule has 1 N–H and O–H groups in total. The van der Waals surface area contributed by atoms with Crippen molar-refractivity contribution >= 4 is 52.4 Å². The highest BCUT2D eigenvalue weighted by Crippen LogP contribution is 2.30. The van der Waals surface area contributed by atoms with Gasteiger partial charge in [0.25, 0.3) is 0 Å². The molecule has 0 radical (unpaired) electrons. The van der Waals surface area contributed by atoms with Gasteiger partial charge in [0.1, 0.15) is 6.54 Å². The normalized spacial score (nSPS) is 10.2. The second-order valence-electron chi connectivity index (χ2n) is 5.26. The van der Waals surface area contributed by atoms with Crippen molar-refractivity contribution in [2.45, 2.75) is 6.92 Å². The van der Waals surface area contributed by atoms with Gasteiger partial charge in [-0.25, -0.2) is 4.79 Å². The molecule has 0 unspecified atom stereocenters. The minimum atomic E-state index is -0.610. The molecule has 26 heavy (non-hydrogen) atoms. The van der Waals surface area contributed by atoms with Crippen LogP contribution in [-0.4, -0.2) is 31.4 Å². The number of carbonyl (C=O) groups is 3.